The number of hydrogen-bond acceptors (Lipinski definition) is 16. The zero-order chi connectivity index (χ0) is 63.3. The van der Waals surface area contributed by atoms with Gasteiger partial charge in [0.1, 0.15) is 23.7 Å². The molecule has 0 bridgehead atoms. The lowest BCUT2D eigenvalue weighted by Gasteiger charge is -2.33. The first-order valence-corrected chi connectivity index (χ1v) is 30.1. The Hall–Kier alpha value is -9.71. The smallest absolute Gasteiger partial charge is 0.411 e. The van der Waals surface area contributed by atoms with Gasteiger partial charge in [-0.2, -0.15) is 0 Å². The predicted molar refractivity (Wildman–Crippen MR) is 325 cm³/mol. The fourth-order valence-corrected chi connectivity index (χ4v) is 12.8. The van der Waals surface area contributed by atoms with Crippen molar-refractivity contribution in [3.63, 3.8) is 0 Å². The van der Waals surface area contributed by atoms with Crippen LogP contribution in [-0.4, -0.2) is 115 Å². The zero-order valence-corrected chi connectivity index (χ0v) is 50.9. The quantitative estimate of drug-likeness (QED) is 0.0466. The number of ether oxygens (including phenoxy) is 5. The molecule has 22 nitrogen and oxygen atoms in total. The maximum atomic E-state index is 14.7. The number of anilines is 4. The number of aryl methyl sites for hydroxylation is 2. The number of nitrogens with zero attached hydrogens (tertiary/aromatic N) is 2. The Morgan fingerprint density at radius 3 is 1.97 bits per heavy atom. The first-order valence-electron chi connectivity index (χ1n) is 28.2. The molecule has 6 aromatic rings. The normalized spacial score (nSPS) is 17.2. The highest BCUT2D eigenvalue weighted by Crippen LogP contribution is 2.44. The van der Waals surface area contributed by atoms with E-state index in [4.69, 9.17) is 18.9 Å². The van der Waals surface area contributed by atoms with Crippen LogP contribution >= 0.6 is 0 Å². The number of amides is 6. The molecule has 4 aliphatic rings. The molecule has 0 spiro atoms. The maximum absolute atomic E-state index is 14.7. The SMILES string of the molecule is COC(=O)Nc1ccc(S(C)(=O)=O)c([C@H]2CCCN2C(=O)C(Nc2ccc(F)c3c2CNC3=O)c2ccc(OC)c(C)c2)c1.COC(=O)[C@H]1CCN(C(=O)[C@H](Nc2ccc3c(c2)C(=O)NC3)c2ccc(OC)c(OC)c2)[C@H]1c1cc(NC(C)=O)ccc1C. The van der Waals surface area contributed by atoms with Crippen LogP contribution < -0.4 is 46.1 Å². The number of benzene rings is 6. The van der Waals surface area contributed by atoms with E-state index in [1.807, 2.05) is 38.1 Å². The lowest BCUT2D eigenvalue weighted by Crippen LogP contribution is -2.39. The minimum absolute atomic E-state index is 0.0448. The number of carbonyl (C=O) groups is 7. The molecule has 1 unspecified atom stereocenters. The first-order chi connectivity index (χ1) is 42.1. The minimum Gasteiger partial charge on any atom is -0.496 e. The van der Waals surface area contributed by atoms with E-state index in [-0.39, 0.29) is 40.6 Å². The van der Waals surface area contributed by atoms with Crippen LogP contribution in [0.25, 0.3) is 0 Å². The Balaban J connectivity index is 0.000000209. The topological polar surface area (TPSA) is 278 Å². The number of esters is 1. The molecule has 0 radical (unpaired) electrons. The van der Waals surface area contributed by atoms with Crippen molar-refractivity contribution >= 4 is 74.2 Å². The summed E-state index contributed by atoms with van der Waals surface area (Å²) in [5.41, 5.74) is 7.59. The highest BCUT2D eigenvalue weighted by Gasteiger charge is 2.46. The average molecular weight is 1230 g/mol. The van der Waals surface area contributed by atoms with E-state index >= 15 is 0 Å². The average Bonchev–Trinajstić information content (AvgIpc) is 4.45. The van der Waals surface area contributed by atoms with E-state index in [1.54, 1.807) is 71.5 Å². The molecule has 6 amide bonds. The molecule has 6 N–H and O–H groups in total. The summed E-state index contributed by atoms with van der Waals surface area (Å²) in [6.45, 7) is 6.36. The Morgan fingerprint density at radius 1 is 0.636 bits per heavy atom. The molecule has 6 aromatic carbocycles. The molecule has 24 heteroatoms. The Labute approximate surface area is 508 Å². The van der Waals surface area contributed by atoms with Gasteiger partial charge in [-0.3, -0.25) is 34.1 Å². The number of methoxy groups -OCH3 is 5. The van der Waals surface area contributed by atoms with Crippen molar-refractivity contribution in [2.24, 2.45) is 5.92 Å². The highest BCUT2D eigenvalue weighted by molar-refractivity contribution is 7.90. The number of rotatable bonds is 17. The molecule has 10 rings (SSSR count). The second kappa shape index (κ2) is 26.5. The third-order valence-electron chi connectivity index (χ3n) is 16.1. The van der Waals surface area contributed by atoms with Gasteiger partial charge < -0.3 is 60.1 Å². The number of hydrogen-bond donors (Lipinski definition) is 6. The van der Waals surface area contributed by atoms with E-state index in [1.165, 1.54) is 59.6 Å². The fourth-order valence-electron chi connectivity index (χ4n) is 11.9. The summed E-state index contributed by atoms with van der Waals surface area (Å²) in [6, 6.07) is 25.3. The van der Waals surface area contributed by atoms with Gasteiger partial charge in [-0.25, -0.2) is 17.6 Å². The van der Waals surface area contributed by atoms with E-state index in [9.17, 15) is 46.4 Å². The van der Waals surface area contributed by atoms with E-state index < -0.39 is 63.7 Å². The van der Waals surface area contributed by atoms with Crippen molar-refractivity contribution in [2.75, 3.05) is 76.2 Å². The summed E-state index contributed by atoms with van der Waals surface area (Å²) in [7, 11) is 3.45. The lowest BCUT2D eigenvalue weighted by molar-refractivity contribution is -0.147. The summed E-state index contributed by atoms with van der Waals surface area (Å²) in [6.07, 6.45) is 1.85. The van der Waals surface area contributed by atoms with Gasteiger partial charge in [-0.1, -0.05) is 24.3 Å². The summed E-state index contributed by atoms with van der Waals surface area (Å²) in [5.74, 6) is -1.69. The minimum atomic E-state index is -3.71. The molecule has 0 aromatic heterocycles. The Bertz CT molecular complexity index is 3880. The largest absolute Gasteiger partial charge is 0.496 e. The second-order valence-electron chi connectivity index (χ2n) is 21.7. The van der Waals surface area contributed by atoms with Crippen molar-refractivity contribution in [2.45, 2.75) is 82.2 Å². The number of halogens is 1. The number of nitrogens with one attached hydrogen (secondary N) is 6. The van der Waals surface area contributed by atoms with Gasteiger partial charge in [0, 0.05) is 73.2 Å². The Morgan fingerprint density at radius 2 is 1.28 bits per heavy atom. The molecular formula is C64H69FN8O14S. The monoisotopic (exact) mass is 1220 g/mol. The van der Waals surface area contributed by atoms with Crippen LogP contribution in [0.5, 0.6) is 17.2 Å². The molecule has 4 heterocycles. The number of sulfone groups is 1. The molecule has 462 valence electrons. The van der Waals surface area contributed by atoms with Gasteiger partial charge in [0.2, 0.25) is 17.7 Å². The van der Waals surface area contributed by atoms with E-state index in [0.29, 0.717) is 107 Å². The molecule has 0 aliphatic carbocycles. The predicted octanol–water partition coefficient (Wildman–Crippen LogP) is 8.61. The van der Waals surface area contributed by atoms with Crippen LogP contribution in [0.1, 0.15) is 116 Å². The van der Waals surface area contributed by atoms with Crippen LogP contribution in [0.3, 0.4) is 0 Å². The number of likely N-dealkylation sites (tertiary alicyclic amines) is 2. The van der Waals surface area contributed by atoms with E-state index in [0.717, 1.165) is 28.5 Å². The summed E-state index contributed by atoms with van der Waals surface area (Å²) in [4.78, 5) is 94.1. The molecule has 5 atom stereocenters. The van der Waals surface area contributed by atoms with Gasteiger partial charge >= 0.3 is 12.1 Å². The molecule has 4 aliphatic heterocycles. The van der Waals surface area contributed by atoms with Gasteiger partial charge in [0.25, 0.3) is 11.8 Å². The van der Waals surface area contributed by atoms with Crippen LogP contribution in [0.4, 0.5) is 31.9 Å². The van der Waals surface area contributed by atoms with Gasteiger partial charge in [-0.05, 0) is 151 Å². The van der Waals surface area contributed by atoms with Crippen molar-refractivity contribution in [3.05, 3.63) is 165 Å². The fraction of sp³-hybridized carbons (Fsp3) is 0.328. The third kappa shape index (κ3) is 13.2. The van der Waals surface area contributed by atoms with Gasteiger partial charge in [0.15, 0.2) is 21.3 Å². The molecular weight excluding hydrogens is 1160 g/mol. The van der Waals surface area contributed by atoms with Crippen LogP contribution in [0.2, 0.25) is 0 Å². The highest BCUT2D eigenvalue weighted by atomic mass is 32.2. The lowest BCUT2D eigenvalue weighted by atomic mass is 9.90. The molecule has 88 heavy (non-hydrogen) atoms. The zero-order valence-electron chi connectivity index (χ0n) is 50.0. The Kier molecular flexibility index (Phi) is 18.9. The maximum Gasteiger partial charge on any atom is 0.411 e. The molecule has 2 saturated heterocycles. The first kappa shape index (κ1) is 62.8. The van der Waals surface area contributed by atoms with E-state index in [2.05, 4.69) is 36.6 Å². The third-order valence-corrected chi connectivity index (χ3v) is 17.3. The summed E-state index contributed by atoms with van der Waals surface area (Å²) < 4.78 is 66.5. The summed E-state index contributed by atoms with van der Waals surface area (Å²) in [5, 5.41) is 17.4. The van der Waals surface area contributed by atoms with Crippen LogP contribution in [0, 0.1) is 25.6 Å². The van der Waals surface area contributed by atoms with Crippen LogP contribution in [-0.2, 0) is 51.6 Å². The van der Waals surface area contributed by atoms with Crippen molar-refractivity contribution in [1.82, 2.24) is 20.4 Å². The number of fused-ring (bicyclic) bond motifs is 2. The van der Waals surface area contributed by atoms with Crippen molar-refractivity contribution in [1.29, 1.82) is 0 Å². The van der Waals surface area contributed by atoms with Crippen molar-refractivity contribution in [3.8, 4) is 17.2 Å². The molecule has 2 fully saturated rings. The van der Waals surface area contributed by atoms with Gasteiger partial charge in [-0.15, -0.1) is 0 Å². The van der Waals surface area contributed by atoms with Gasteiger partial charge in [0.05, 0.1) is 64.0 Å². The summed E-state index contributed by atoms with van der Waals surface area (Å²) >= 11 is 0. The van der Waals surface area contributed by atoms with Crippen molar-refractivity contribution < 1.29 is 70.1 Å². The second-order valence-corrected chi connectivity index (χ2v) is 23.6. The number of carbonyl (C=O) groups excluding carboxylic acids is 7. The van der Waals surface area contributed by atoms with Crippen LogP contribution in [0.15, 0.2) is 108 Å². The molecule has 0 saturated carbocycles. The standard InChI is InChI=1S/C33H36N4O7.C31H33FN4O7S/c1-18-6-9-22(35-19(2)38)15-25(18)30-24(33(41)44-5)12-13-37(30)32(40)29(20-8-11-27(42-3)28(14-20)43-4)36-23-10-7-21-17-34-31(39)26(21)16-23;1-17-14-18(7-11-25(17)42-2)28(35-23-10-9-22(32)27-21(23)16-33-29(27)37)30(38)36-13-5-6-24(36)20-15-19(34-31(39)43-3)8-12-26(20)44(4,40)41/h6-11,14-16,24,29-30,36H,12-13,17H2,1-5H3,(H,34,39)(H,35,38);7-12,14-15,24,28,35H,5-6,13,16H2,1-4H3,(H,33,37)(H,34,39)/t24-,29+,30+;24-,28?/m01/s1.